The van der Waals surface area contributed by atoms with Gasteiger partial charge < -0.3 is 9.05 Å². The summed E-state index contributed by atoms with van der Waals surface area (Å²) < 4.78 is 26.4. The van der Waals surface area contributed by atoms with Crippen LogP contribution < -0.4 is 9.05 Å². The SMILES string of the molecule is CP(=O)(Oc1c2ccccc2cc2ccccc12)Oc1c2ccccc2cc2ccccc12. The highest BCUT2D eigenvalue weighted by molar-refractivity contribution is 7.53. The number of hydrogen-bond acceptors (Lipinski definition) is 3. The van der Waals surface area contributed by atoms with Crippen molar-refractivity contribution in [3.63, 3.8) is 0 Å². The van der Waals surface area contributed by atoms with Crippen LogP contribution in [0.1, 0.15) is 0 Å². The molecule has 3 nitrogen and oxygen atoms in total. The van der Waals surface area contributed by atoms with Gasteiger partial charge in [0.15, 0.2) is 0 Å². The van der Waals surface area contributed by atoms with Crippen molar-refractivity contribution in [2.75, 3.05) is 6.66 Å². The molecule has 6 aromatic carbocycles. The highest BCUT2D eigenvalue weighted by atomic mass is 31.2. The van der Waals surface area contributed by atoms with Crippen molar-refractivity contribution >= 4 is 50.7 Å². The molecule has 0 saturated carbocycles. The lowest BCUT2D eigenvalue weighted by Crippen LogP contribution is -2.01. The lowest BCUT2D eigenvalue weighted by molar-refractivity contribution is 0.400. The van der Waals surface area contributed by atoms with Crippen LogP contribution in [0.25, 0.3) is 43.1 Å². The maximum absolute atomic E-state index is 13.9. The van der Waals surface area contributed by atoms with Crippen molar-refractivity contribution < 1.29 is 13.6 Å². The summed E-state index contributed by atoms with van der Waals surface area (Å²) in [5.41, 5.74) is 0. The molecule has 33 heavy (non-hydrogen) atoms. The lowest BCUT2D eigenvalue weighted by Gasteiger charge is -2.21. The highest BCUT2D eigenvalue weighted by Gasteiger charge is 2.25. The van der Waals surface area contributed by atoms with Gasteiger partial charge in [0.1, 0.15) is 11.5 Å². The molecule has 0 atom stereocenters. The van der Waals surface area contributed by atoms with E-state index in [0.29, 0.717) is 11.5 Å². The van der Waals surface area contributed by atoms with Crippen molar-refractivity contribution in [2.45, 2.75) is 0 Å². The van der Waals surface area contributed by atoms with Crippen LogP contribution in [-0.2, 0) is 4.57 Å². The number of rotatable bonds is 4. The molecule has 0 bridgehead atoms. The van der Waals surface area contributed by atoms with Crippen LogP contribution >= 0.6 is 7.60 Å². The average molecular weight is 448 g/mol. The zero-order valence-electron chi connectivity index (χ0n) is 18.1. The van der Waals surface area contributed by atoms with Crippen molar-refractivity contribution in [3.8, 4) is 11.5 Å². The van der Waals surface area contributed by atoms with Crippen molar-refractivity contribution in [3.05, 3.63) is 109 Å². The molecular weight excluding hydrogens is 427 g/mol. The molecule has 0 aliphatic carbocycles. The van der Waals surface area contributed by atoms with Crippen LogP contribution in [0.5, 0.6) is 11.5 Å². The minimum atomic E-state index is -3.55. The van der Waals surface area contributed by atoms with Crippen molar-refractivity contribution in [2.24, 2.45) is 0 Å². The summed E-state index contributed by atoms with van der Waals surface area (Å²) in [6.45, 7) is 1.54. The Bertz CT molecular complexity index is 1490. The molecule has 160 valence electrons. The first kappa shape index (κ1) is 19.8. The lowest BCUT2D eigenvalue weighted by atomic mass is 10.0. The maximum Gasteiger partial charge on any atom is 0.427 e. The van der Waals surface area contributed by atoms with Gasteiger partial charge in [-0.15, -0.1) is 0 Å². The Labute approximate surface area is 191 Å². The Morgan fingerprint density at radius 1 is 0.485 bits per heavy atom. The third-order valence-electron chi connectivity index (χ3n) is 5.96. The number of hydrogen-bond donors (Lipinski definition) is 0. The topological polar surface area (TPSA) is 35.5 Å². The van der Waals surface area contributed by atoms with E-state index in [4.69, 9.17) is 9.05 Å². The van der Waals surface area contributed by atoms with Gasteiger partial charge in [-0.3, -0.25) is 0 Å². The van der Waals surface area contributed by atoms with E-state index in [1.165, 1.54) is 0 Å². The van der Waals surface area contributed by atoms with E-state index in [9.17, 15) is 4.57 Å². The van der Waals surface area contributed by atoms with Crippen LogP contribution in [0.2, 0.25) is 0 Å². The van der Waals surface area contributed by atoms with E-state index in [0.717, 1.165) is 43.1 Å². The van der Waals surface area contributed by atoms with Gasteiger partial charge in [0, 0.05) is 21.5 Å². The summed E-state index contributed by atoms with van der Waals surface area (Å²) >= 11 is 0. The first-order valence-corrected chi connectivity index (χ1v) is 12.9. The van der Waals surface area contributed by atoms with Crippen LogP contribution in [0.15, 0.2) is 109 Å². The van der Waals surface area contributed by atoms with E-state index in [2.05, 4.69) is 12.1 Å². The molecule has 0 N–H and O–H groups in total. The Kier molecular flexibility index (Phi) is 4.60. The summed E-state index contributed by atoms with van der Waals surface area (Å²) in [4.78, 5) is 0. The van der Waals surface area contributed by atoms with Gasteiger partial charge >= 0.3 is 7.60 Å². The average Bonchev–Trinajstić information content (AvgIpc) is 2.83. The summed E-state index contributed by atoms with van der Waals surface area (Å²) in [6, 6.07) is 36.2. The Hall–Kier alpha value is -3.81. The molecule has 4 heteroatoms. The molecule has 0 spiro atoms. The molecule has 6 aromatic rings. The van der Waals surface area contributed by atoms with Gasteiger partial charge in [-0.2, -0.15) is 0 Å². The third kappa shape index (κ3) is 3.51. The van der Waals surface area contributed by atoms with Crippen molar-refractivity contribution in [1.82, 2.24) is 0 Å². The Morgan fingerprint density at radius 3 is 1.06 bits per heavy atom. The maximum atomic E-state index is 13.9. The van der Waals surface area contributed by atoms with Gasteiger partial charge in [-0.1, -0.05) is 97.1 Å². The van der Waals surface area contributed by atoms with Gasteiger partial charge in [-0.25, -0.2) is 4.57 Å². The molecule has 0 unspecified atom stereocenters. The second kappa shape index (κ2) is 7.65. The summed E-state index contributed by atoms with van der Waals surface area (Å²) in [7, 11) is -3.55. The van der Waals surface area contributed by atoms with E-state index in [1.807, 2.05) is 97.1 Å². The second-order valence-corrected chi connectivity index (χ2v) is 10.2. The van der Waals surface area contributed by atoms with E-state index in [-0.39, 0.29) is 0 Å². The number of fused-ring (bicyclic) bond motifs is 4. The summed E-state index contributed by atoms with van der Waals surface area (Å²) in [5, 5.41) is 7.75. The normalized spacial score (nSPS) is 11.9. The predicted molar refractivity (Wildman–Crippen MR) is 138 cm³/mol. The minimum Gasteiger partial charge on any atom is -0.415 e. The molecule has 0 aromatic heterocycles. The zero-order valence-corrected chi connectivity index (χ0v) is 19.0. The first-order chi connectivity index (χ1) is 16.1. The smallest absolute Gasteiger partial charge is 0.415 e. The highest BCUT2D eigenvalue weighted by Crippen LogP contribution is 2.51. The standard InChI is InChI=1S/C29H21O3P/c1-33(30,31-28-24-14-6-2-10-20(24)18-21-11-3-7-15-25(21)28)32-29-26-16-8-4-12-22(26)19-23-13-5-9-17-27(23)29/h2-19H,1H3. The van der Waals surface area contributed by atoms with Crippen LogP contribution in [0.4, 0.5) is 0 Å². The van der Waals surface area contributed by atoms with Crippen LogP contribution in [-0.4, -0.2) is 6.66 Å². The van der Waals surface area contributed by atoms with Crippen molar-refractivity contribution in [1.29, 1.82) is 0 Å². The molecule has 0 fully saturated rings. The Morgan fingerprint density at radius 2 is 0.758 bits per heavy atom. The molecule has 0 aliphatic rings. The van der Waals surface area contributed by atoms with E-state index in [1.54, 1.807) is 6.66 Å². The summed E-state index contributed by atoms with van der Waals surface area (Å²) in [5.74, 6) is 1.16. The van der Waals surface area contributed by atoms with Gasteiger partial charge in [-0.05, 0) is 33.7 Å². The molecule has 0 saturated heterocycles. The van der Waals surface area contributed by atoms with Gasteiger partial charge in [0.2, 0.25) is 0 Å². The molecule has 0 amide bonds. The van der Waals surface area contributed by atoms with Crippen LogP contribution in [0, 0.1) is 0 Å². The van der Waals surface area contributed by atoms with E-state index < -0.39 is 7.60 Å². The van der Waals surface area contributed by atoms with Gasteiger partial charge in [0.25, 0.3) is 0 Å². The zero-order chi connectivity index (χ0) is 22.4. The monoisotopic (exact) mass is 448 g/mol. The van der Waals surface area contributed by atoms with E-state index >= 15 is 0 Å². The number of benzene rings is 6. The fraction of sp³-hybridized carbons (Fsp3) is 0.0345. The molecule has 0 radical (unpaired) electrons. The fourth-order valence-electron chi connectivity index (χ4n) is 4.49. The minimum absolute atomic E-state index is 0.582. The molecule has 0 aliphatic heterocycles. The third-order valence-corrected chi connectivity index (χ3v) is 6.99. The second-order valence-electron chi connectivity index (χ2n) is 8.25. The Balaban J connectivity index is 1.52. The predicted octanol–water partition coefficient (Wildman–Crippen LogP) is 8.58. The fourth-order valence-corrected chi connectivity index (χ4v) is 5.58. The first-order valence-electron chi connectivity index (χ1n) is 10.9. The largest absolute Gasteiger partial charge is 0.427 e. The van der Waals surface area contributed by atoms with Gasteiger partial charge in [0.05, 0.1) is 6.66 Å². The molecule has 0 heterocycles. The quantitative estimate of drug-likeness (QED) is 0.200. The van der Waals surface area contributed by atoms with Crippen LogP contribution in [0.3, 0.4) is 0 Å². The molecule has 6 rings (SSSR count). The summed E-state index contributed by atoms with van der Waals surface area (Å²) in [6.07, 6.45) is 0. The molecular formula is C29H21O3P.